The molecular weight excluding hydrogens is 398 g/mol. The zero-order chi connectivity index (χ0) is 20.9. The first-order chi connectivity index (χ1) is 13.1. The average Bonchev–Trinajstić information content (AvgIpc) is 2.67. The van der Waals surface area contributed by atoms with Gasteiger partial charge >= 0.3 is 5.97 Å². The van der Waals surface area contributed by atoms with Crippen molar-refractivity contribution < 1.29 is 22.7 Å². The Morgan fingerprint density at radius 2 is 1.64 bits per heavy atom. The predicted octanol–water partition coefficient (Wildman–Crippen LogP) is 3.23. The van der Waals surface area contributed by atoms with Gasteiger partial charge in [0.15, 0.2) is 9.84 Å². The highest BCUT2D eigenvalue weighted by atomic mass is 32.2. The van der Waals surface area contributed by atoms with E-state index in [2.05, 4.69) is 5.32 Å². The van der Waals surface area contributed by atoms with E-state index in [4.69, 9.17) is 4.74 Å². The molecular formula is C20H23NO5S2. The minimum Gasteiger partial charge on any atom is -0.468 e. The van der Waals surface area contributed by atoms with Crippen molar-refractivity contribution in [3.63, 3.8) is 0 Å². The number of methoxy groups -OCH3 is 1. The number of carbonyl (C=O) groups is 2. The Morgan fingerprint density at radius 1 is 1.04 bits per heavy atom. The van der Waals surface area contributed by atoms with Crippen LogP contribution in [0.4, 0.5) is 0 Å². The first kappa shape index (κ1) is 22.0. The summed E-state index contributed by atoms with van der Waals surface area (Å²) in [5, 5.41) is 2.47. The van der Waals surface area contributed by atoms with Crippen molar-refractivity contribution in [1.82, 2.24) is 5.32 Å². The third kappa shape index (κ3) is 5.59. The summed E-state index contributed by atoms with van der Waals surface area (Å²) < 4.78 is 27.9. The van der Waals surface area contributed by atoms with Gasteiger partial charge in [0.1, 0.15) is 5.25 Å². The summed E-state index contributed by atoms with van der Waals surface area (Å²) in [5.41, 5.74) is 1.25. The van der Waals surface area contributed by atoms with Gasteiger partial charge in [-0.1, -0.05) is 24.3 Å². The minimum atomic E-state index is -3.27. The van der Waals surface area contributed by atoms with Crippen LogP contribution >= 0.6 is 11.8 Å². The highest BCUT2D eigenvalue weighted by molar-refractivity contribution is 8.00. The summed E-state index contributed by atoms with van der Waals surface area (Å²) >= 11 is 1.26. The van der Waals surface area contributed by atoms with Gasteiger partial charge in [-0.15, -0.1) is 11.8 Å². The van der Waals surface area contributed by atoms with Gasteiger partial charge in [0.2, 0.25) is 0 Å². The summed E-state index contributed by atoms with van der Waals surface area (Å²) in [4.78, 5) is 25.3. The van der Waals surface area contributed by atoms with Crippen molar-refractivity contribution in [2.75, 3.05) is 13.4 Å². The van der Waals surface area contributed by atoms with Gasteiger partial charge in [-0.3, -0.25) is 9.59 Å². The first-order valence-electron chi connectivity index (χ1n) is 8.58. The molecule has 0 fully saturated rings. The summed E-state index contributed by atoms with van der Waals surface area (Å²) in [5.74, 6) is -0.639. The molecule has 2 aromatic rings. The van der Waals surface area contributed by atoms with E-state index in [9.17, 15) is 18.0 Å². The fourth-order valence-corrected chi connectivity index (χ4v) is 4.17. The molecule has 0 aliphatic heterocycles. The highest BCUT2D eigenvalue weighted by Crippen LogP contribution is 2.28. The van der Waals surface area contributed by atoms with Gasteiger partial charge in [0.25, 0.3) is 5.91 Å². The lowest BCUT2D eigenvalue weighted by Crippen LogP contribution is -2.27. The lowest BCUT2D eigenvalue weighted by Gasteiger charge is -2.17. The Bertz CT molecular complexity index is 955. The second kappa shape index (κ2) is 9.25. The van der Waals surface area contributed by atoms with Crippen LogP contribution in [0.5, 0.6) is 0 Å². The van der Waals surface area contributed by atoms with Crippen LogP contribution in [0.3, 0.4) is 0 Å². The number of benzene rings is 2. The molecule has 0 aliphatic carbocycles. The van der Waals surface area contributed by atoms with Crippen molar-refractivity contribution in [1.29, 1.82) is 0 Å². The number of thioether (sulfide) groups is 1. The van der Waals surface area contributed by atoms with Gasteiger partial charge in [-0.2, -0.15) is 0 Å². The van der Waals surface area contributed by atoms with Crippen LogP contribution in [0.2, 0.25) is 0 Å². The van der Waals surface area contributed by atoms with Crippen molar-refractivity contribution in [2.45, 2.75) is 34.9 Å². The molecule has 0 spiro atoms. The smallest absolute Gasteiger partial charge is 0.318 e. The topological polar surface area (TPSA) is 89.5 Å². The predicted molar refractivity (Wildman–Crippen MR) is 109 cm³/mol. The van der Waals surface area contributed by atoms with E-state index in [0.717, 1.165) is 11.8 Å². The summed E-state index contributed by atoms with van der Waals surface area (Å²) in [7, 11) is -1.94. The van der Waals surface area contributed by atoms with E-state index >= 15 is 0 Å². The Labute approximate surface area is 169 Å². The van der Waals surface area contributed by atoms with Crippen LogP contribution in [0.15, 0.2) is 58.3 Å². The lowest BCUT2D eigenvalue weighted by molar-refractivity contribution is -0.139. The third-order valence-corrected chi connectivity index (χ3v) is 6.41. The SMILES string of the molecule is COC(=O)C(C)Sc1ccccc1C(=O)NC(C)c1ccc(S(C)(=O)=O)cc1. The standard InChI is InChI=1S/C20H23NO5S2/c1-13(15-9-11-16(12-10-15)28(4,24)25)21-19(22)17-7-5-6-8-18(17)27-14(2)20(23)26-3/h5-14H,1-4H3,(H,21,22). The Morgan fingerprint density at radius 3 is 2.21 bits per heavy atom. The van der Waals surface area contributed by atoms with Crippen molar-refractivity contribution in [2.24, 2.45) is 0 Å². The number of carbonyl (C=O) groups excluding carboxylic acids is 2. The molecule has 2 atom stereocenters. The monoisotopic (exact) mass is 421 g/mol. The van der Waals surface area contributed by atoms with Gasteiger partial charge < -0.3 is 10.1 Å². The highest BCUT2D eigenvalue weighted by Gasteiger charge is 2.20. The zero-order valence-electron chi connectivity index (χ0n) is 16.1. The van der Waals surface area contributed by atoms with Crippen molar-refractivity contribution in [3.8, 4) is 0 Å². The fraction of sp³-hybridized carbons (Fsp3) is 0.300. The van der Waals surface area contributed by atoms with Gasteiger partial charge in [0, 0.05) is 11.2 Å². The Kier molecular flexibility index (Phi) is 7.26. The number of hydrogen-bond acceptors (Lipinski definition) is 6. The van der Waals surface area contributed by atoms with E-state index in [1.807, 2.05) is 6.92 Å². The molecule has 0 bridgehead atoms. The molecule has 0 aromatic heterocycles. The number of rotatable bonds is 7. The largest absolute Gasteiger partial charge is 0.468 e. The van der Waals surface area contributed by atoms with Crippen LogP contribution in [-0.2, 0) is 19.4 Å². The Balaban J connectivity index is 2.15. The van der Waals surface area contributed by atoms with E-state index in [0.29, 0.717) is 10.5 Å². The van der Waals surface area contributed by atoms with Crippen LogP contribution in [-0.4, -0.2) is 38.9 Å². The third-order valence-electron chi connectivity index (χ3n) is 4.12. The van der Waals surface area contributed by atoms with Gasteiger partial charge in [0.05, 0.1) is 23.6 Å². The molecule has 8 heteroatoms. The molecule has 0 saturated heterocycles. The van der Waals surface area contributed by atoms with E-state index in [1.54, 1.807) is 43.3 Å². The molecule has 2 unspecified atom stereocenters. The van der Waals surface area contributed by atoms with Crippen LogP contribution < -0.4 is 5.32 Å². The lowest BCUT2D eigenvalue weighted by atomic mass is 10.1. The number of amides is 1. The normalized spacial score (nSPS) is 13.4. The molecule has 150 valence electrons. The Hall–Kier alpha value is -2.32. The second-order valence-electron chi connectivity index (χ2n) is 6.32. The molecule has 0 radical (unpaired) electrons. The molecule has 0 heterocycles. The van der Waals surface area contributed by atoms with E-state index in [1.165, 1.54) is 31.0 Å². The molecule has 1 N–H and O–H groups in total. The average molecular weight is 422 g/mol. The molecule has 2 aromatic carbocycles. The van der Waals surface area contributed by atoms with Gasteiger partial charge in [-0.25, -0.2) is 8.42 Å². The van der Waals surface area contributed by atoms with Crippen molar-refractivity contribution >= 4 is 33.5 Å². The van der Waals surface area contributed by atoms with Crippen LogP contribution in [0.1, 0.15) is 35.8 Å². The van der Waals surface area contributed by atoms with E-state index < -0.39 is 15.1 Å². The molecule has 1 amide bonds. The number of hydrogen-bond donors (Lipinski definition) is 1. The van der Waals surface area contributed by atoms with Crippen LogP contribution in [0, 0.1) is 0 Å². The zero-order valence-corrected chi connectivity index (χ0v) is 17.8. The maximum atomic E-state index is 12.8. The summed E-state index contributed by atoms with van der Waals surface area (Å²) in [6.45, 7) is 3.54. The first-order valence-corrected chi connectivity index (χ1v) is 11.3. The minimum absolute atomic E-state index is 0.230. The number of nitrogens with one attached hydrogen (secondary N) is 1. The number of esters is 1. The quantitative estimate of drug-likeness (QED) is 0.545. The molecule has 0 saturated carbocycles. The molecule has 6 nitrogen and oxygen atoms in total. The summed E-state index contributed by atoms with van der Waals surface area (Å²) in [6.07, 6.45) is 1.15. The van der Waals surface area contributed by atoms with Gasteiger partial charge in [-0.05, 0) is 43.7 Å². The molecule has 2 rings (SSSR count). The fourth-order valence-electron chi connectivity index (χ4n) is 2.52. The molecule has 0 aliphatic rings. The maximum Gasteiger partial charge on any atom is 0.318 e. The second-order valence-corrected chi connectivity index (χ2v) is 9.71. The summed E-state index contributed by atoms with van der Waals surface area (Å²) in [6, 6.07) is 13.1. The number of ether oxygens (including phenoxy) is 1. The maximum absolute atomic E-state index is 12.8. The van der Waals surface area contributed by atoms with E-state index in [-0.39, 0.29) is 22.8 Å². The molecule has 28 heavy (non-hydrogen) atoms. The number of sulfone groups is 1. The van der Waals surface area contributed by atoms with Crippen molar-refractivity contribution in [3.05, 3.63) is 59.7 Å². The van der Waals surface area contributed by atoms with Crippen LogP contribution in [0.25, 0.3) is 0 Å².